The lowest BCUT2D eigenvalue weighted by atomic mass is 10.3. The van der Waals surface area contributed by atoms with Crippen molar-refractivity contribution in [3.8, 4) is 0 Å². The lowest BCUT2D eigenvalue weighted by molar-refractivity contribution is 0.914. The maximum atomic E-state index is 4.47. The van der Waals surface area contributed by atoms with E-state index in [9.17, 15) is 0 Å². The van der Waals surface area contributed by atoms with Crippen LogP contribution in [0.3, 0.4) is 0 Å². The van der Waals surface area contributed by atoms with Crippen molar-refractivity contribution < 1.29 is 0 Å². The molecule has 0 aliphatic heterocycles. The number of nitrogens with zero attached hydrogens (tertiary/aromatic N) is 4. The van der Waals surface area contributed by atoms with E-state index in [-0.39, 0.29) is 0 Å². The summed E-state index contributed by atoms with van der Waals surface area (Å²) < 4.78 is 0. The maximum Gasteiger partial charge on any atom is 0.132 e. The van der Waals surface area contributed by atoms with Crippen LogP contribution >= 0.6 is 0 Å². The molecule has 0 atom stereocenters. The molecule has 20 heavy (non-hydrogen) atoms. The smallest absolute Gasteiger partial charge is 0.132 e. The van der Waals surface area contributed by atoms with Gasteiger partial charge in [-0.05, 0) is 19.9 Å². The summed E-state index contributed by atoms with van der Waals surface area (Å²) in [4.78, 5) is 17.3. The summed E-state index contributed by atoms with van der Waals surface area (Å²) in [6.45, 7) is 7.43. The molecule has 2 aromatic rings. The number of aromatic nitrogens is 4. The van der Waals surface area contributed by atoms with Crippen LogP contribution in [0.2, 0.25) is 0 Å². The van der Waals surface area contributed by atoms with Gasteiger partial charge in [-0.3, -0.25) is 0 Å². The first-order valence-electron chi connectivity index (χ1n) is 6.85. The molecular weight excluding hydrogens is 252 g/mol. The molecule has 0 aliphatic rings. The Kier molecular flexibility index (Phi) is 4.81. The quantitative estimate of drug-likeness (QED) is 0.839. The predicted octanol–water partition coefficient (Wildman–Crippen LogP) is 2.18. The molecule has 2 N–H and O–H groups in total. The van der Waals surface area contributed by atoms with Gasteiger partial charge >= 0.3 is 0 Å². The summed E-state index contributed by atoms with van der Waals surface area (Å²) in [7, 11) is 0. The van der Waals surface area contributed by atoms with Gasteiger partial charge in [0.2, 0.25) is 0 Å². The van der Waals surface area contributed by atoms with E-state index in [0.29, 0.717) is 6.54 Å². The van der Waals surface area contributed by atoms with E-state index < -0.39 is 0 Å². The second-order valence-corrected chi connectivity index (χ2v) is 4.39. The minimum absolute atomic E-state index is 0.620. The minimum atomic E-state index is 0.620. The summed E-state index contributed by atoms with van der Waals surface area (Å²) >= 11 is 0. The van der Waals surface area contributed by atoms with Gasteiger partial charge in [-0.15, -0.1) is 0 Å². The standard InChI is InChI=1S/C14H20N6/c1-4-12-19-13(15-5-2)8-14(20-12)17-9-11-6-7-16-10(3)18-11/h6-8H,4-5,9H2,1-3H3,(H2,15,17,19,20). The van der Waals surface area contributed by atoms with E-state index in [4.69, 9.17) is 0 Å². The van der Waals surface area contributed by atoms with Gasteiger partial charge < -0.3 is 10.6 Å². The average molecular weight is 272 g/mol. The Bertz CT molecular complexity index is 569. The predicted molar refractivity (Wildman–Crippen MR) is 79.7 cm³/mol. The normalized spacial score (nSPS) is 10.3. The largest absolute Gasteiger partial charge is 0.370 e. The SMILES string of the molecule is CCNc1cc(NCc2ccnc(C)n2)nc(CC)n1. The summed E-state index contributed by atoms with van der Waals surface area (Å²) in [5.41, 5.74) is 0.944. The van der Waals surface area contributed by atoms with Gasteiger partial charge in [0.1, 0.15) is 23.3 Å². The zero-order valence-electron chi connectivity index (χ0n) is 12.1. The summed E-state index contributed by atoms with van der Waals surface area (Å²) in [6, 6.07) is 3.81. The monoisotopic (exact) mass is 272 g/mol. The first-order valence-corrected chi connectivity index (χ1v) is 6.85. The van der Waals surface area contributed by atoms with E-state index in [1.807, 2.05) is 32.9 Å². The van der Waals surface area contributed by atoms with Crippen LogP contribution < -0.4 is 10.6 Å². The van der Waals surface area contributed by atoms with Crippen LogP contribution in [-0.2, 0) is 13.0 Å². The molecule has 0 fully saturated rings. The van der Waals surface area contributed by atoms with Crippen molar-refractivity contribution in [2.75, 3.05) is 17.2 Å². The Morgan fingerprint density at radius 2 is 1.80 bits per heavy atom. The van der Waals surface area contributed by atoms with E-state index in [0.717, 1.165) is 41.9 Å². The molecule has 6 heteroatoms. The molecule has 0 bridgehead atoms. The molecule has 0 saturated carbocycles. The maximum absolute atomic E-state index is 4.47. The molecule has 0 unspecified atom stereocenters. The fourth-order valence-corrected chi connectivity index (χ4v) is 1.80. The molecule has 2 heterocycles. The molecule has 0 aromatic carbocycles. The number of nitrogens with one attached hydrogen (secondary N) is 2. The molecule has 0 aliphatic carbocycles. The zero-order chi connectivity index (χ0) is 14.4. The highest BCUT2D eigenvalue weighted by molar-refractivity contribution is 5.47. The summed E-state index contributed by atoms with van der Waals surface area (Å²) in [5, 5.41) is 6.49. The zero-order valence-corrected chi connectivity index (χ0v) is 12.1. The van der Waals surface area contributed by atoms with Crippen LogP contribution in [0.1, 0.15) is 31.2 Å². The van der Waals surface area contributed by atoms with Crippen LogP contribution in [0.15, 0.2) is 18.3 Å². The molecule has 6 nitrogen and oxygen atoms in total. The van der Waals surface area contributed by atoms with Gasteiger partial charge in [0.15, 0.2) is 0 Å². The lowest BCUT2D eigenvalue weighted by Crippen LogP contribution is -2.09. The second-order valence-electron chi connectivity index (χ2n) is 4.39. The van der Waals surface area contributed by atoms with E-state index >= 15 is 0 Å². The van der Waals surface area contributed by atoms with Gasteiger partial charge in [-0.1, -0.05) is 6.92 Å². The lowest BCUT2D eigenvalue weighted by Gasteiger charge is -2.10. The average Bonchev–Trinajstić information content (AvgIpc) is 2.45. The molecule has 0 amide bonds. The third-order valence-electron chi connectivity index (χ3n) is 2.73. The Labute approximate surface area is 119 Å². The van der Waals surface area contributed by atoms with Crippen molar-refractivity contribution in [2.24, 2.45) is 0 Å². The van der Waals surface area contributed by atoms with Crippen molar-refractivity contribution in [3.63, 3.8) is 0 Å². The van der Waals surface area contributed by atoms with Crippen molar-refractivity contribution in [2.45, 2.75) is 33.7 Å². The Morgan fingerprint density at radius 1 is 1.05 bits per heavy atom. The third kappa shape index (κ3) is 3.88. The van der Waals surface area contributed by atoms with Gasteiger partial charge in [0, 0.05) is 25.2 Å². The summed E-state index contributed by atoms with van der Waals surface area (Å²) in [5.74, 6) is 3.25. The van der Waals surface area contributed by atoms with Crippen LogP contribution in [-0.4, -0.2) is 26.5 Å². The molecule has 0 radical (unpaired) electrons. The Balaban J connectivity index is 2.10. The number of aryl methyl sites for hydroxylation is 2. The fourth-order valence-electron chi connectivity index (χ4n) is 1.80. The van der Waals surface area contributed by atoms with E-state index in [2.05, 4.69) is 30.6 Å². The third-order valence-corrected chi connectivity index (χ3v) is 2.73. The molecule has 0 spiro atoms. The Morgan fingerprint density at radius 3 is 2.45 bits per heavy atom. The van der Waals surface area contributed by atoms with E-state index in [1.165, 1.54) is 0 Å². The molecule has 2 aromatic heterocycles. The van der Waals surface area contributed by atoms with Crippen molar-refractivity contribution >= 4 is 11.6 Å². The Hall–Kier alpha value is -2.24. The van der Waals surface area contributed by atoms with Gasteiger partial charge in [-0.25, -0.2) is 19.9 Å². The van der Waals surface area contributed by atoms with Crippen LogP contribution in [0, 0.1) is 6.92 Å². The van der Waals surface area contributed by atoms with Gasteiger partial charge in [0.05, 0.1) is 12.2 Å². The van der Waals surface area contributed by atoms with Crippen LogP contribution in [0.5, 0.6) is 0 Å². The van der Waals surface area contributed by atoms with Crippen LogP contribution in [0.4, 0.5) is 11.6 Å². The highest BCUT2D eigenvalue weighted by Crippen LogP contribution is 2.12. The molecule has 0 saturated heterocycles. The number of rotatable bonds is 6. The first-order chi connectivity index (χ1) is 9.71. The highest BCUT2D eigenvalue weighted by Gasteiger charge is 2.03. The number of hydrogen-bond acceptors (Lipinski definition) is 6. The minimum Gasteiger partial charge on any atom is -0.370 e. The van der Waals surface area contributed by atoms with E-state index in [1.54, 1.807) is 6.20 Å². The summed E-state index contributed by atoms with van der Waals surface area (Å²) in [6.07, 6.45) is 2.57. The first kappa shape index (κ1) is 14.2. The second kappa shape index (κ2) is 6.79. The van der Waals surface area contributed by atoms with Gasteiger partial charge in [-0.2, -0.15) is 0 Å². The highest BCUT2D eigenvalue weighted by atomic mass is 15.1. The van der Waals surface area contributed by atoms with Crippen molar-refractivity contribution in [1.29, 1.82) is 0 Å². The van der Waals surface area contributed by atoms with Crippen molar-refractivity contribution in [3.05, 3.63) is 35.7 Å². The molecule has 106 valence electrons. The number of hydrogen-bond donors (Lipinski definition) is 2. The number of anilines is 2. The van der Waals surface area contributed by atoms with Gasteiger partial charge in [0.25, 0.3) is 0 Å². The van der Waals surface area contributed by atoms with Crippen molar-refractivity contribution in [1.82, 2.24) is 19.9 Å². The van der Waals surface area contributed by atoms with Crippen LogP contribution in [0.25, 0.3) is 0 Å². The topological polar surface area (TPSA) is 75.6 Å². The fraction of sp³-hybridized carbons (Fsp3) is 0.429. The molecular formula is C14H20N6. The molecule has 2 rings (SSSR count).